The minimum atomic E-state index is -1.02. The molecule has 0 aliphatic rings. The van der Waals surface area contributed by atoms with Crippen molar-refractivity contribution in [2.24, 2.45) is 5.92 Å². The summed E-state index contributed by atoms with van der Waals surface area (Å²) in [6.45, 7) is 5.68. The van der Waals surface area contributed by atoms with Gasteiger partial charge in [-0.15, -0.1) is 0 Å². The zero-order valence-corrected chi connectivity index (χ0v) is 12.1. The van der Waals surface area contributed by atoms with Gasteiger partial charge in [-0.25, -0.2) is 4.79 Å². The number of rotatable bonds is 10. The molecule has 0 fully saturated rings. The molecule has 5 nitrogen and oxygen atoms in total. The summed E-state index contributed by atoms with van der Waals surface area (Å²) in [4.78, 5) is 34.9. The van der Waals surface area contributed by atoms with E-state index in [1.165, 1.54) is 0 Å². The van der Waals surface area contributed by atoms with E-state index in [0.717, 1.165) is 25.7 Å². The van der Waals surface area contributed by atoms with Gasteiger partial charge in [-0.3, -0.25) is 9.59 Å². The first-order chi connectivity index (χ1) is 9.08. The van der Waals surface area contributed by atoms with E-state index >= 15 is 0 Å². The molecule has 0 saturated carbocycles. The van der Waals surface area contributed by atoms with Crippen molar-refractivity contribution in [1.82, 2.24) is 0 Å². The topological polar surface area (TPSA) is 69.7 Å². The molecule has 0 aromatic rings. The summed E-state index contributed by atoms with van der Waals surface area (Å²) >= 11 is 0. The van der Waals surface area contributed by atoms with Gasteiger partial charge >= 0.3 is 11.9 Å². The third-order valence-electron chi connectivity index (χ3n) is 2.71. The highest BCUT2D eigenvalue weighted by atomic mass is 16.5. The fourth-order valence-electron chi connectivity index (χ4n) is 1.72. The van der Waals surface area contributed by atoms with Crippen LogP contribution >= 0.6 is 0 Å². The molecule has 0 N–H and O–H groups in total. The van der Waals surface area contributed by atoms with Crippen molar-refractivity contribution in [2.75, 3.05) is 13.2 Å². The van der Waals surface area contributed by atoms with Gasteiger partial charge in [-0.2, -0.15) is 0 Å². The Morgan fingerprint density at radius 2 is 1.53 bits per heavy atom. The summed E-state index contributed by atoms with van der Waals surface area (Å²) in [6.07, 6.45) is 4.11. The van der Waals surface area contributed by atoms with Gasteiger partial charge in [-0.05, 0) is 20.3 Å². The van der Waals surface area contributed by atoms with E-state index in [0.29, 0.717) is 6.42 Å². The molecule has 0 radical (unpaired) electrons. The molecule has 0 aliphatic carbocycles. The molecular weight excluding hydrogens is 248 g/mol. The third-order valence-corrected chi connectivity index (χ3v) is 2.71. The highest BCUT2D eigenvalue weighted by Gasteiger charge is 2.33. The minimum Gasteiger partial charge on any atom is -0.465 e. The van der Waals surface area contributed by atoms with E-state index in [9.17, 15) is 14.4 Å². The molecule has 1 atom stereocenters. The molecule has 0 rings (SSSR count). The first kappa shape index (κ1) is 17.6. The zero-order chi connectivity index (χ0) is 14.7. The summed E-state index contributed by atoms with van der Waals surface area (Å²) in [6, 6.07) is 0. The smallest absolute Gasteiger partial charge is 0.375 e. The Morgan fingerprint density at radius 3 is 2.05 bits per heavy atom. The van der Waals surface area contributed by atoms with E-state index in [2.05, 4.69) is 11.7 Å². The molecule has 0 bridgehead atoms. The summed E-state index contributed by atoms with van der Waals surface area (Å²) in [7, 11) is 0. The lowest BCUT2D eigenvalue weighted by Gasteiger charge is -2.13. The minimum absolute atomic E-state index is 0.121. The number of Topliss-reactive ketones (excluding diaryl/α,β-unsaturated/α-hetero) is 1. The Labute approximate surface area is 114 Å². The number of carbonyl (C=O) groups excluding carboxylic acids is 3. The molecule has 0 heterocycles. The molecule has 0 amide bonds. The molecule has 0 saturated heterocycles. The summed E-state index contributed by atoms with van der Waals surface area (Å²) < 4.78 is 9.49. The van der Waals surface area contributed by atoms with Crippen molar-refractivity contribution in [3.05, 3.63) is 0 Å². The fourth-order valence-corrected chi connectivity index (χ4v) is 1.72. The van der Waals surface area contributed by atoms with Crippen molar-refractivity contribution in [3.8, 4) is 0 Å². The van der Waals surface area contributed by atoms with Crippen LogP contribution in [0.25, 0.3) is 0 Å². The molecular formula is C14H24O5. The summed E-state index contributed by atoms with van der Waals surface area (Å²) in [5, 5.41) is 0. The van der Waals surface area contributed by atoms with Gasteiger partial charge in [0.25, 0.3) is 5.78 Å². The Balaban J connectivity index is 4.52. The zero-order valence-electron chi connectivity index (χ0n) is 12.1. The van der Waals surface area contributed by atoms with Crippen molar-refractivity contribution < 1.29 is 23.9 Å². The molecule has 0 aliphatic heterocycles. The lowest BCUT2D eigenvalue weighted by Crippen LogP contribution is -2.33. The highest BCUT2D eigenvalue weighted by molar-refractivity contribution is 6.37. The lowest BCUT2D eigenvalue weighted by molar-refractivity contribution is -0.162. The van der Waals surface area contributed by atoms with Gasteiger partial charge in [0.05, 0.1) is 13.2 Å². The van der Waals surface area contributed by atoms with Crippen molar-refractivity contribution >= 4 is 17.7 Å². The molecule has 5 heteroatoms. The van der Waals surface area contributed by atoms with E-state index in [1.807, 2.05) is 0 Å². The van der Waals surface area contributed by atoms with Crippen LogP contribution in [0.3, 0.4) is 0 Å². The largest absolute Gasteiger partial charge is 0.465 e. The van der Waals surface area contributed by atoms with Gasteiger partial charge in [0.1, 0.15) is 5.92 Å². The number of hydrogen-bond acceptors (Lipinski definition) is 5. The van der Waals surface area contributed by atoms with E-state index in [4.69, 9.17) is 4.74 Å². The van der Waals surface area contributed by atoms with Crippen LogP contribution in [0, 0.1) is 5.92 Å². The average Bonchev–Trinajstić information content (AvgIpc) is 2.38. The maximum atomic E-state index is 11.8. The Bertz CT molecular complexity index is 298. The molecule has 0 aromatic heterocycles. The van der Waals surface area contributed by atoms with Gasteiger partial charge in [-0.1, -0.05) is 32.6 Å². The van der Waals surface area contributed by atoms with Gasteiger partial charge < -0.3 is 9.47 Å². The second kappa shape index (κ2) is 10.5. The Kier molecular flexibility index (Phi) is 9.75. The number of unbranched alkanes of at least 4 members (excludes halogenated alkanes) is 3. The first-order valence-corrected chi connectivity index (χ1v) is 6.95. The number of ether oxygens (including phenoxy) is 2. The Morgan fingerprint density at radius 1 is 0.895 bits per heavy atom. The second-order valence-electron chi connectivity index (χ2n) is 4.24. The molecule has 0 spiro atoms. The maximum absolute atomic E-state index is 11.8. The average molecular weight is 272 g/mol. The summed E-state index contributed by atoms with van der Waals surface area (Å²) in [5.41, 5.74) is 0. The Hall–Kier alpha value is -1.39. The maximum Gasteiger partial charge on any atom is 0.375 e. The highest BCUT2D eigenvalue weighted by Crippen LogP contribution is 2.15. The monoisotopic (exact) mass is 272 g/mol. The molecule has 1 unspecified atom stereocenters. The standard InChI is InChI=1S/C14H24O5/c1-4-7-8-9-10-11(13(16)18-5-2)12(15)14(17)19-6-3/h11H,4-10H2,1-3H3. The SMILES string of the molecule is CCCCCCC(C(=O)OCC)C(=O)C(=O)OCC. The van der Waals surface area contributed by atoms with E-state index in [-0.39, 0.29) is 13.2 Å². The first-order valence-electron chi connectivity index (χ1n) is 6.95. The second-order valence-corrected chi connectivity index (χ2v) is 4.24. The van der Waals surface area contributed by atoms with Crippen molar-refractivity contribution in [1.29, 1.82) is 0 Å². The normalized spacial score (nSPS) is 11.7. The summed E-state index contributed by atoms with van der Waals surface area (Å²) in [5.74, 6) is -3.39. The van der Waals surface area contributed by atoms with Crippen LogP contribution < -0.4 is 0 Å². The quantitative estimate of drug-likeness (QED) is 0.264. The predicted molar refractivity (Wildman–Crippen MR) is 70.5 cm³/mol. The van der Waals surface area contributed by atoms with Crippen LogP contribution in [0.1, 0.15) is 52.9 Å². The van der Waals surface area contributed by atoms with Crippen LogP contribution in [-0.4, -0.2) is 30.9 Å². The lowest BCUT2D eigenvalue weighted by atomic mass is 9.96. The predicted octanol–water partition coefficient (Wildman–Crippen LogP) is 2.27. The van der Waals surface area contributed by atoms with Crippen molar-refractivity contribution in [3.63, 3.8) is 0 Å². The number of carbonyl (C=O) groups is 3. The molecule has 19 heavy (non-hydrogen) atoms. The van der Waals surface area contributed by atoms with Gasteiger partial charge in [0.2, 0.25) is 0 Å². The van der Waals surface area contributed by atoms with Crippen LogP contribution in [-0.2, 0) is 23.9 Å². The molecule has 110 valence electrons. The number of ketones is 1. The van der Waals surface area contributed by atoms with Gasteiger partial charge in [0.15, 0.2) is 0 Å². The van der Waals surface area contributed by atoms with Gasteiger partial charge in [0, 0.05) is 0 Å². The van der Waals surface area contributed by atoms with Crippen LogP contribution in [0.15, 0.2) is 0 Å². The third kappa shape index (κ3) is 6.94. The van der Waals surface area contributed by atoms with E-state index < -0.39 is 23.6 Å². The van der Waals surface area contributed by atoms with Crippen LogP contribution in [0.4, 0.5) is 0 Å². The fraction of sp³-hybridized carbons (Fsp3) is 0.786. The number of hydrogen-bond donors (Lipinski definition) is 0. The molecule has 0 aromatic carbocycles. The van der Waals surface area contributed by atoms with Crippen LogP contribution in [0.2, 0.25) is 0 Å². The number of esters is 2. The van der Waals surface area contributed by atoms with E-state index in [1.54, 1.807) is 13.8 Å². The van der Waals surface area contributed by atoms with Crippen LogP contribution in [0.5, 0.6) is 0 Å². The van der Waals surface area contributed by atoms with Crippen molar-refractivity contribution in [2.45, 2.75) is 52.9 Å².